The zero-order valence-electron chi connectivity index (χ0n) is 8.18. The predicted octanol–water partition coefficient (Wildman–Crippen LogP) is 0.939. The summed E-state index contributed by atoms with van der Waals surface area (Å²) in [7, 11) is 0. The van der Waals surface area contributed by atoms with E-state index in [1.165, 1.54) is 12.1 Å². The Morgan fingerprint density at radius 2 is 1.06 bits per heavy atom. The number of rotatable bonds is 2. The number of aromatic carboxylic acids is 2. The maximum absolute atomic E-state index is 10.9. The van der Waals surface area contributed by atoms with Crippen LogP contribution < -0.4 is 0 Å². The first-order valence-electron chi connectivity index (χ1n) is 4.59. The molecule has 4 nitrogen and oxygen atoms in total. The zero-order valence-corrected chi connectivity index (χ0v) is 8.18. The van der Waals surface area contributed by atoms with Gasteiger partial charge in [-0.1, -0.05) is 24.3 Å². The Bertz CT molecular complexity index is 543. The van der Waals surface area contributed by atoms with E-state index in [1.54, 1.807) is 24.3 Å². The second-order valence-electron chi connectivity index (χ2n) is 3.32. The molecule has 0 bridgehead atoms. The van der Waals surface area contributed by atoms with Crippen molar-refractivity contribution in [2.45, 2.75) is 0 Å². The summed E-state index contributed by atoms with van der Waals surface area (Å²) < 4.78 is 0. The molecule has 2 aromatic carbocycles. The van der Waals surface area contributed by atoms with Crippen molar-refractivity contribution in [2.24, 2.45) is 0 Å². The Kier molecular flexibility index (Phi) is 6.25. The van der Waals surface area contributed by atoms with E-state index in [0.717, 1.165) is 0 Å². The first-order chi connectivity index (χ1) is 7.61. The zero-order chi connectivity index (χ0) is 11.7. The fourth-order valence-electron chi connectivity index (χ4n) is 1.67. The number of hydrogen-bond acceptors (Lipinski definition) is 2. The third-order valence-corrected chi connectivity index (χ3v) is 2.38. The Morgan fingerprint density at radius 3 is 1.33 bits per heavy atom. The average Bonchev–Trinajstić information content (AvgIpc) is 2.27. The summed E-state index contributed by atoms with van der Waals surface area (Å²) in [6, 6.07) is 9.19. The summed E-state index contributed by atoms with van der Waals surface area (Å²) in [5.41, 5.74) is 0.223. The molecule has 0 saturated carbocycles. The first-order valence-corrected chi connectivity index (χ1v) is 4.59. The minimum atomic E-state index is -1.06. The molecule has 84 valence electrons. The molecule has 6 heteroatoms. The quantitative estimate of drug-likeness (QED) is 0.755. The summed E-state index contributed by atoms with van der Waals surface area (Å²) in [6.45, 7) is 0. The Morgan fingerprint density at radius 1 is 0.722 bits per heavy atom. The van der Waals surface area contributed by atoms with Crippen LogP contribution in [0.25, 0.3) is 10.8 Å². The van der Waals surface area contributed by atoms with Crippen molar-refractivity contribution < 1.29 is 19.8 Å². The van der Waals surface area contributed by atoms with Crippen LogP contribution in [-0.4, -0.2) is 59.9 Å². The molecule has 0 saturated heterocycles. The minimum absolute atomic E-state index is 0. The van der Waals surface area contributed by atoms with Gasteiger partial charge in [0.1, 0.15) is 0 Å². The molecule has 0 heterocycles. The van der Waals surface area contributed by atoms with Crippen molar-refractivity contribution in [3.63, 3.8) is 0 Å². The maximum atomic E-state index is 10.9. The normalized spacial score (nSPS) is 9.11. The van der Waals surface area contributed by atoms with E-state index >= 15 is 0 Å². The van der Waals surface area contributed by atoms with Crippen LogP contribution in [0.5, 0.6) is 0 Å². The monoisotopic (exact) mass is 232 g/mol. The summed E-state index contributed by atoms with van der Waals surface area (Å²) in [5, 5.41) is 18.8. The van der Waals surface area contributed by atoms with E-state index in [4.69, 9.17) is 10.2 Å². The van der Waals surface area contributed by atoms with Crippen LogP contribution in [0.4, 0.5) is 0 Å². The van der Waals surface area contributed by atoms with E-state index in [1.807, 2.05) is 0 Å². The van der Waals surface area contributed by atoms with Gasteiger partial charge in [-0.15, -0.1) is 0 Å². The van der Waals surface area contributed by atoms with Crippen molar-refractivity contribution in [3.05, 3.63) is 47.5 Å². The Labute approximate surface area is 127 Å². The average molecular weight is 232 g/mol. The van der Waals surface area contributed by atoms with Crippen molar-refractivity contribution in [3.8, 4) is 0 Å². The van der Waals surface area contributed by atoms with E-state index in [-0.39, 0.29) is 48.8 Å². The molecule has 0 aromatic heterocycles. The number of carboxylic acid groups (broad SMARTS) is 2. The molecule has 0 unspecified atom stereocenters. The van der Waals surface area contributed by atoms with Gasteiger partial charge in [0.25, 0.3) is 0 Å². The van der Waals surface area contributed by atoms with Gasteiger partial charge in [0, 0.05) is 0 Å². The van der Waals surface area contributed by atoms with Gasteiger partial charge in [-0.05, 0) is 22.9 Å². The summed E-state index contributed by atoms with van der Waals surface area (Å²) in [5.74, 6) is -2.12. The van der Waals surface area contributed by atoms with Gasteiger partial charge in [0.2, 0.25) is 0 Å². The molecular formula is C12H10Li2O4. The Hall–Kier alpha value is -1.17. The van der Waals surface area contributed by atoms with Gasteiger partial charge in [0.15, 0.2) is 0 Å². The van der Waals surface area contributed by atoms with Gasteiger partial charge in [0.05, 0.1) is 11.1 Å². The SMILES string of the molecule is O=C(O)c1ccc(C(=O)O)c2ccccc12.[LiH].[LiH]. The molecule has 2 rings (SSSR count). The fourth-order valence-corrected chi connectivity index (χ4v) is 1.67. The van der Waals surface area contributed by atoms with Crippen molar-refractivity contribution >= 4 is 60.4 Å². The fraction of sp³-hybridized carbons (Fsp3) is 0. The predicted molar refractivity (Wildman–Crippen MR) is 72.2 cm³/mol. The third-order valence-electron chi connectivity index (χ3n) is 2.38. The van der Waals surface area contributed by atoms with Gasteiger partial charge < -0.3 is 10.2 Å². The van der Waals surface area contributed by atoms with E-state index in [2.05, 4.69) is 0 Å². The second kappa shape index (κ2) is 6.68. The topological polar surface area (TPSA) is 74.6 Å². The molecule has 0 aliphatic rings. The molecule has 0 aliphatic heterocycles. The van der Waals surface area contributed by atoms with Crippen LogP contribution in [0.1, 0.15) is 20.7 Å². The van der Waals surface area contributed by atoms with Crippen molar-refractivity contribution in [2.75, 3.05) is 0 Å². The van der Waals surface area contributed by atoms with E-state index < -0.39 is 11.9 Å². The summed E-state index contributed by atoms with van der Waals surface area (Å²) in [6.07, 6.45) is 0. The van der Waals surface area contributed by atoms with Crippen LogP contribution >= 0.6 is 0 Å². The molecule has 0 radical (unpaired) electrons. The number of benzene rings is 2. The van der Waals surface area contributed by atoms with Gasteiger partial charge in [-0.25, -0.2) is 9.59 Å². The summed E-state index contributed by atoms with van der Waals surface area (Å²) >= 11 is 0. The third kappa shape index (κ3) is 2.99. The van der Waals surface area contributed by atoms with Gasteiger partial charge >= 0.3 is 49.7 Å². The second-order valence-corrected chi connectivity index (χ2v) is 3.32. The molecule has 18 heavy (non-hydrogen) atoms. The number of carboxylic acids is 2. The van der Waals surface area contributed by atoms with Crippen LogP contribution in [0.15, 0.2) is 36.4 Å². The number of hydrogen-bond donors (Lipinski definition) is 2. The summed E-state index contributed by atoms with van der Waals surface area (Å²) in [4.78, 5) is 21.9. The van der Waals surface area contributed by atoms with Gasteiger partial charge in [-0.2, -0.15) is 0 Å². The van der Waals surface area contributed by atoms with Crippen molar-refractivity contribution in [1.29, 1.82) is 0 Å². The Balaban J connectivity index is 0.00000144. The standard InChI is InChI=1S/C12H8O4.2Li.2H/c13-11(14)9-5-6-10(12(15)16)8-4-2-1-3-7(8)9;;;;/h1-6H,(H,13,14)(H,15,16);;;;. The van der Waals surface area contributed by atoms with E-state index in [9.17, 15) is 9.59 Å². The molecule has 0 fully saturated rings. The molecule has 2 N–H and O–H groups in total. The van der Waals surface area contributed by atoms with Crippen LogP contribution in [0.3, 0.4) is 0 Å². The molecule has 2 aromatic rings. The molecule has 0 atom stereocenters. The first kappa shape index (κ1) is 16.8. The van der Waals surface area contributed by atoms with E-state index in [0.29, 0.717) is 10.8 Å². The molecule has 0 amide bonds. The molecule has 0 aliphatic carbocycles. The number of fused-ring (bicyclic) bond motifs is 1. The number of carbonyl (C=O) groups is 2. The van der Waals surface area contributed by atoms with Crippen molar-refractivity contribution in [1.82, 2.24) is 0 Å². The van der Waals surface area contributed by atoms with Gasteiger partial charge in [-0.3, -0.25) is 0 Å². The molecular weight excluding hydrogens is 222 g/mol. The van der Waals surface area contributed by atoms with Crippen LogP contribution in [0.2, 0.25) is 0 Å². The van der Waals surface area contributed by atoms with Crippen LogP contribution in [0, 0.1) is 0 Å². The van der Waals surface area contributed by atoms with Crippen LogP contribution in [-0.2, 0) is 0 Å². The molecule has 0 spiro atoms.